The first-order valence-corrected chi connectivity index (χ1v) is 7.30. The van der Waals surface area contributed by atoms with E-state index >= 15 is 0 Å². The van der Waals surface area contributed by atoms with Crippen molar-refractivity contribution in [1.29, 1.82) is 0 Å². The number of hydrogen-bond donors (Lipinski definition) is 1. The lowest BCUT2D eigenvalue weighted by Gasteiger charge is -2.12. The summed E-state index contributed by atoms with van der Waals surface area (Å²) in [5.74, 6) is 0. The molecule has 0 spiro atoms. The number of benzene rings is 1. The van der Waals surface area contributed by atoms with Gasteiger partial charge in [0.05, 0.1) is 11.0 Å². The van der Waals surface area contributed by atoms with Gasteiger partial charge < -0.3 is 0 Å². The first-order chi connectivity index (χ1) is 8.08. The summed E-state index contributed by atoms with van der Waals surface area (Å²) in [6.07, 6.45) is 4.09. The molecule has 0 atom stereocenters. The Morgan fingerprint density at radius 2 is 2.00 bits per heavy atom. The third-order valence-corrected chi connectivity index (χ3v) is 4.12. The van der Waals surface area contributed by atoms with Crippen LogP contribution in [0.2, 0.25) is 0 Å². The van der Waals surface area contributed by atoms with Crippen molar-refractivity contribution in [2.45, 2.75) is 43.6 Å². The highest BCUT2D eigenvalue weighted by Crippen LogP contribution is 2.20. The SMILES string of the molecule is Cc1cccc(S(=O)(=O)NOC2CCCC2)c1. The van der Waals surface area contributed by atoms with E-state index in [-0.39, 0.29) is 11.0 Å². The Bertz CT molecular complexity index is 478. The van der Waals surface area contributed by atoms with Crippen molar-refractivity contribution in [3.8, 4) is 0 Å². The molecule has 17 heavy (non-hydrogen) atoms. The monoisotopic (exact) mass is 255 g/mol. The Morgan fingerprint density at radius 3 is 2.65 bits per heavy atom. The van der Waals surface area contributed by atoms with E-state index in [1.54, 1.807) is 18.2 Å². The second-order valence-corrected chi connectivity index (χ2v) is 6.07. The van der Waals surface area contributed by atoms with Gasteiger partial charge in [-0.3, -0.25) is 4.84 Å². The van der Waals surface area contributed by atoms with Crippen LogP contribution in [0.4, 0.5) is 0 Å². The van der Waals surface area contributed by atoms with Crippen LogP contribution >= 0.6 is 0 Å². The molecule has 0 unspecified atom stereocenters. The zero-order valence-corrected chi connectivity index (χ0v) is 10.7. The third kappa shape index (κ3) is 3.28. The number of rotatable bonds is 4. The molecule has 1 fully saturated rings. The van der Waals surface area contributed by atoms with Crippen molar-refractivity contribution >= 4 is 10.0 Å². The van der Waals surface area contributed by atoms with Gasteiger partial charge in [0.25, 0.3) is 10.0 Å². The highest BCUT2D eigenvalue weighted by Gasteiger charge is 2.20. The summed E-state index contributed by atoms with van der Waals surface area (Å²) in [6, 6.07) is 6.77. The quantitative estimate of drug-likeness (QED) is 0.839. The smallest absolute Gasteiger partial charge is 0.262 e. The second-order valence-electron chi connectivity index (χ2n) is 4.43. The van der Waals surface area contributed by atoms with Crippen LogP contribution in [0.25, 0.3) is 0 Å². The summed E-state index contributed by atoms with van der Waals surface area (Å²) >= 11 is 0. The molecule has 0 heterocycles. The summed E-state index contributed by atoms with van der Waals surface area (Å²) in [4.78, 5) is 7.69. The van der Waals surface area contributed by atoms with Crippen molar-refractivity contribution in [3.63, 3.8) is 0 Å². The fraction of sp³-hybridized carbons (Fsp3) is 0.500. The second kappa shape index (κ2) is 5.16. The van der Waals surface area contributed by atoms with E-state index in [2.05, 4.69) is 4.89 Å². The van der Waals surface area contributed by atoms with E-state index in [9.17, 15) is 8.42 Å². The van der Waals surface area contributed by atoms with E-state index in [0.717, 1.165) is 31.2 Å². The number of aryl methyl sites for hydroxylation is 1. The molecule has 1 saturated carbocycles. The van der Waals surface area contributed by atoms with Crippen LogP contribution in [-0.2, 0) is 14.9 Å². The summed E-state index contributed by atoms with van der Waals surface area (Å²) in [5, 5.41) is 0. The molecule has 5 heteroatoms. The first-order valence-electron chi connectivity index (χ1n) is 5.82. The topological polar surface area (TPSA) is 55.4 Å². The van der Waals surface area contributed by atoms with Gasteiger partial charge in [0.15, 0.2) is 0 Å². The molecule has 2 rings (SSSR count). The molecule has 0 amide bonds. The summed E-state index contributed by atoms with van der Waals surface area (Å²) in [5.41, 5.74) is 0.911. The zero-order valence-electron chi connectivity index (χ0n) is 9.85. The van der Waals surface area contributed by atoms with Gasteiger partial charge >= 0.3 is 0 Å². The van der Waals surface area contributed by atoms with E-state index in [1.165, 1.54) is 0 Å². The molecule has 1 aromatic rings. The number of sulfonamides is 1. The molecule has 1 aliphatic rings. The first kappa shape index (κ1) is 12.5. The van der Waals surface area contributed by atoms with E-state index in [4.69, 9.17) is 4.84 Å². The largest absolute Gasteiger partial charge is 0.284 e. The average molecular weight is 255 g/mol. The van der Waals surface area contributed by atoms with Crippen LogP contribution in [0.1, 0.15) is 31.2 Å². The minimum absolute atomic E-state index is 0.0228. The molecule has 0 bridgehead atoms. The molecular formula is C12H17NO3S. The van der Waals surface area contributed by atoms with E-state index in [0.29, 0.717) is 0 Å². The summed E-state index contributed by atoms with van der Waals surface area (Å²) < 4.78 is 23.8. The van der Waals surface area contributed by atoms with Crippen molar-refractivity contribution in [2.24, 2.45) is 0 Å². The van der Waals surface area contributed by atoms with Crippen molar-refractivity contribution < 1.29 is 13.3 Å². The highest BCUT2D eigenvalue weighted by molar-refractivity contribution is 7.89. The van der Waals surface area contributed by atoms with Gasteiger partial charge in [-0.1, -0.05) is 29.9 Å². The predicted octanol–water partition coefficient (Wildman–Crippen LogP) is 2.15. The third-order valence-electron chi connectivity index (χ3n) is 2.93. The lowest BCUT2D eigenvalue weighted by Crippen LogP contribution is -2.28. The van der Waals surface area contributed by atoms with Gasteiger partial charge in [-0.05, 0) is 37.5 Å². The minimum atomic E-state index is -3.54. The molecule has 0 aromatic heterocycles. The fourth-order valence-corrected chi connectivity index (χ4v) is 2.93. The lowest BCUT2D eigenvalue weighted by atomic mass is 10.2. The van der Waals surface area contributed by atoms with Gasteiger partial charge in [0.2, 0.25) is 0 Å². The van der Waals surface area contributed by atoms with Crippen molar-refractivity contribution in [2.75, 3.05) is 0 Å². The maximum absolute atomic E-state index is 11.9. The Morgan fingerprint density at radius 1 is 1.29 bits per heavy atom. The van der Waals surface area contributed by atoms with Crippen molar-refractivity contribution in [1.82, 2.24) is 4.89 Å². The van der Waals surface area contributed by atoms with Gasteiger partial charge in [0, 0.05) is 0 Å². The Hall–Kier alpha value is -0.910. The minimum Gasteiger partial charge on any atom is -0.284 e. The average Bonchev–Trinajstić information content (AvgIpc) is 2.79. The molecule has 0 aliphatic heterocycles. The van der Waals surface area contributed by atoms with Crippen LogP contribution in [0, 0.1) is 6.92 Å². The molecule has 0 radical (unpaired) electrons. The van der Waals surface area contributed by atoms with Crippen LogP contribution < -0.4 is 4.89 Å². The maximum atomic E-state index is 11.9. The molecule has 94 valence electrons. The molecule has 1 aromatic carbocycles. The Labute approximate surface area is 102 Å². The fourth-order valence-electron chi connectivity index (χ4n) is 1.97. The van der Waals surface area contributed by atoms with Gasteiger partial charge in [-0.25, -0.2) is 8.42 Å². The van der Waals surface area contributed by atoms with E-state index in [1.807, 2.05) is 13.0 Å². The van der Waals surface area contributed by atoms with Crippen molar-refractivity contribution in [3.05, 3.63) is 29.8 Å². The predicted molar refractivity (Wildman–Crippen MR) is 64.8 cm³/mol. The van der Waals surface area contributed by atoms with Crippen LogP contribution in [0.3, 0.4) is 0 Å². The van der Waals surface area contributed by atoms with E-state index < -0.39 is 10.0 Å². The standard InChI is InChI=1S/C12H17NO3S/c1-10-5-4-8-12(9-10)17(14,15)13-16-11-6-2-3-7-11/h4-5,8-9,11,13H,2-3,6-7H2,1H3. The summed E-state index contributed by atoms with van der Waals surface area (Å²) in [6.45, 7) is 1.86. The lowest BCUT2D eigenvalue weighted by molar-refractivity contribution is 0.0223. The normalized spacial score (nSPS) is 17.5. The molecule has 4 nitrogen and oxygen atoms in total. The maximum Gasteiger partial charge on any atom is 0.262 e. The molecular weight excluding hydrogens is 238 g/mol. The summed E-state index contributed by atoms with van der Waals surface area (Å²) in [7, 11) is -3.54. The van der Waals surface area contributed by atoms with Gasteiger partial charge in [-0.15, -0.1) is 0 Å². The van der Waals surface area contributed by atoms with Gasteiger partial charge in [0.1, 0.15) is 0 Å². The molecule has 1 N–H and O–H groups in total. The Kier molecular flexibility index (Phi) is 3.81. The number of hydrogen-bond acceptors (Lipinski definition) is 3. The zero-order chi connectivity index (χ0) is 12.3. The molecule has 0 saturated heterocycles. The van der Waals surface area contributed by atoms with Crippen LogP contribution in [0.15, 0.2) is 29.2 Å². The van der Waals surface area contributed by atoms with Crippen LogP contribution in [0.5, 0.6) is 0 Å². The number of nitrogens with one attached hydrogen (secondary N) is 1. The highest BCUT2D eigenvalue weighted by atomic mass is 32.2. The van der Waals surface area contributed by atoms with Gasteiger partial charge in [-0.2, -0.15) is 0 Å². The molecule has 1 aliphatic carbocycles. The van der Waals surface area contributed by atoms with Crippen LogP contribution in [-0.4, -0.2) is 14.5 Å². The Balaban J connectivity index is 2.03.